The van der Waals surface area contributed by atoms with Crippen molar-refractivity contribution in [1.82, 2.24) is 25.5 Å². The molecular formula is C21H15F3N6O2S. The number of imidazole rings is 1. The number of halogens is 3. The summed E-state index contributed by atoms with van der Waals surface area (Å²) in [6, 6.07) is 6.92. The van der Waals surface area contributed by atoms with Gasteiger partial charge >= 0.3 is 6.18 Å². The number of carbonyl (C=O) groups is 1. The summed E-state index contributed by atoms with van der Waals surface area (Å²) in [5.74, 6) is 0.770. The fourth-order valence-electron chi connectivity index (χ4n) is 4.17. The standard InChI is InChI=1S/C21H15F3N6O2S/c22-21(23,24)9-1-2-11-12(5-9)29-20(28-11)33-16-4-3-15(32-16)17-10-6-26-30-19(10)27-13-7-25-8-14(31)18(13)17/h1-6,17,25H,7-8H2,(H,28,29)(H2,26,27,30). The molecule has 0 fully saturated rings. The zero-order valence-electron chi connectivity index (χ0n) is 16.7. The van der Waals surface area contributed by atoms with Gasteiger partial charge in [-0.1, -0.05) is 0 Å². The molecule has 8 nitrogen and oxygen atoms in total. The summed E-state index contributed by atoms with van der Waals surface area (Å²) >= 11 is 1.16. The number of alkyl halides is 3. The van der Waals surface area contributed by atoms with Gasteiger partial charge in [0, 0.05) is 29.6 Å². The Morgan fingerprint density at radius 1 is 1.15 bits per heavy atom. The van der Waals surface area contributed by atoms with Crippen LogP contribution in [0.25, 0.3) is 11.0 Å². The Bertz CT molecular complexity index is 1430. The average Bonchev–Trinajstić information content (AvgIpc) is 3.50. The lowest BCUT2D eigenvalue weighted by molar-refractivity contribution is -0.137. The maximum Gasteiger partial charge on any atom is 0.416 e. The van der Waals surface area contributed by atoms with Gasteiger partial charge in [0.25, 0.3) is 0 Å². The third-order valence-corrected chi connectivity index (χ3v) is 6.43. The van der Waals surface area contributed by atoms with E-state index in [0.29, 0.717) is 39.5 Å². The molecule has 1 aromatic carbocycles. The van der Waals surface area contributed by atoms with Crippen LogP contribution in [0.4, 0.5) is 19.0 Å². The lowest BCUT2D eigenvalue weighted by atomic mass is 9.82. The first-order valence-corrected chi connectivity index (χ1v) is 10.8. The molecule has 0 spiro atoms. The van der Waals surface area contributed by atoms with Gasteiger partial charge < -0.3 is 20.0 Å². The van der Waals surface area contributed by atoms with Crippen LogP contribution in [0.5, 0.6) is 0 Å². The molecule has 2 aliphatic heterocycles. The third-order valence-electron chi connectivity index (χ3n) is 5.62. The number of Topliss-reactive ketones (excluding diaryl/α,β-unsaturated/α-hetero) is 1. The molecule has 168 valence electrons. The van der Waals surface area contributed by atoms with E-state index in [1.807, 2.05) is 0 Å². The van der Waals surface area contributed by atoms with Crippen LogP contribution in [0, 0.1) is 0 Å². The number of furan rings is 1. The number of aromatic amines is 2. The molecule has 0 saturated carbocycles. The van der Waals surface area contributed by atoms with Gasteiger partial charge in [0.15, 0.2) is 21.8 Å². The molecule has 0 radical (unpaired) electrons. The van der Waals surface area contributed by atoms with Crippen molar-refractivity contribution < 1.29 is 22.4 Å². The molecule has 0 aliphatic carbocycles. The fraction of sp³-hybridized carbons (Fsp3) is 0.190. The van der Waals surface area contributed by atoms with Crippen molar-refractivity contribution in [3.8, 4) is 0 Å². The summed E-state index contributed by atoms with van der Waals surface area (Å²) in [5.41, 5.74) is 2.16. The second-order valence-corrected chi connectivity index (χ2v) is 8.69. The number of hydrogen-bond donors (Lipinski definition) is 4. The number of rotatable bonds is 3. The van der Waals surface area contributed by atoms with E-state index >= 15 is 0 Å². The maximum absolute atomic E-state index is 13.0. The molecule has 12 heteroatoms. The number of nitrogens with one attached hydrogen (secondary N) is 4. The van der Waals surface area contributed by atoms with Crippen LogP contribution in [-0.4, -0.2) is 39.0 Å². The molecule has 3 aromatic heterocycles. The van der Waals surface area contributed by atoms with Gasteiger partial charge in [-0.3, -0.25) is 9.89 Å². The zero-order chi connectivity index (χ0) is 22.7. The Kier molecular flexibility index (Phi) is 4.42. The van der Waals surface area contributed by atoms with Crippen molar-refractivity contribution in [3.05, 3.63) is 64.7 Å². The molecule has 4 aromatic rings. The molecule has 6 rings (SSSR count). The number of nitrogens with zero attached hydrogens (tertiary/aromatic N) is 2. The minimum absolute atomic E-state index is 0.0241. The quantitative estimate of drug-likeness (QED) is 0.356. The molecule has 1 unspecified atom stereocenters. The molecule has 5 heterocycles. The molecule has 0 amide bonds. The molecule has 0 saturated heterocycles. The molecule has 2 aliphatic rings. The highest BCUT2D eigenvalue weighted by Crippen LogP contribution is 2.43. The Morgan fingerprint density at radius 2 is 2.03 bits per heavy atom. The predicted octanol–water partition coefficient (Wildman–Crippen LogP) is 4.03. The topological polar surface area (TPSA) is 112 Å². The SMILES string of the molecule is O=C1CNCC2=C1C(c1ccc(Sc3nc4cc(C(F)(F)F)ccc4[nH]3)o1)c1c[nH]nc1N2. The summed E-state index contributed by atoms with van der Waals surface area (Å²) in [7, 11) is 0. The lowest BCUT2D eigenvalue weighted by Crippen LogP contribution is -2.39. The van der Waals surface area contributed by atoms with Crippen LogP contribution in [0.1, 0.15) is 22.8 Å². The third kappa shape index (κ3) is 3.42. The Morgan fingerprint density at radius 3 is 2.88 bits per heavy atom. The largest absolute Gasteiger partial charge is 0.453 e. The lowest BCUT2D eigenvalue weighted by Gasteiger charge is -2.30. The highest BCUT2D eigenvalue weighted by molar-refractivity contribution is 7.99. The predicted molar refractivity (Wildman–Crippen MR) is 113 cm³/mol. The van der Waals surface area contributed by atoms with Gasteiger partial charge in [0.2, 0.25) is 0 Å². The first kappa shape index (κ1) is 20.1. The van der Waals surface area contributed by atoms with E-state index in [-0.39, 0.29) is 17.8 Å². The molecule has 4 N–H and O–H groups in total. The van der Waals surface area contributed by atoms with Gasteiger partial charge in [-0.15, -0.1) is 0 Å². The van der Waals surface area contributed by atoms with E-state index in [0.717, 1.165) is 35.2 Å². The van der Waals surface area contributed by atoms with Crippen molar-refractivity contribution >= 4 is 34.4 Å². The van der Waals surface area contributed by atoms with Crippen molar-refractivity contribution in [2.45, 2.75) is 22.3 Å². The molecular weight excluding hydrogens is 457 g/mol. The Hall–Kier alpha value is -3.51. The van der Waals surface area contributed by atoms with Crippen molar-refractivity contribution in [2.24, 2.45) is 0 Å². The average molecular weight is 472 g/mol. The summed E-state index contributed by atoms with van der Waals surface area (Å²) in [6.45, 7) is 0.760. The van der Waals surface area contributed by atoms with Crippen LogP contribution in [0.2, 0.25) is 0 Å². The highest BCUT2D eigenvalue weighted by Gasteiger charge is 2.38. The number of ketones is 1. The number of hydrogen-bond acceptors (Lipinski definition) is 7. The summed E-state index contributed by atoms with van der Waals surface area (Å²) < 4.78 is 45.0. The van der Waals surface area contributed by atoms with E-state index in [4.69, 9.17) is 4.42 Å². The Balaban J connectivity index is 1.32. The van der Waals surface area contributed by atoms with E-state index < -0.39 is 17.7 Å². The van der Waals surface area contributed by atoms with Crippen LogP contribution in [0.3, 0.4) is 0 Å². The van der Waals surface area contributed by atoms with Crippen molar-refractivity contribution in [2.75, 3.05) is 18.4 Å². The van der Waals surface area contributed by atoms with Gasteiger partial charge in [0.1, 0.15) is 5.76 Å². The molecule has 1 atom stereocenters. The van der Waals surface area contributed by atoms with Gasteiger partial charge in [-0.2, -0.15) is 18.3 Å². The van der Waals surface area contributed by atoms with Gasteiger partial charge in [-0.05, 0) is 42.1 Å². The van der Waals surface area contributed by atoms with Crippen LogP contribution < -0.4 is 10.6 Å². The van der Waals surface area contributed by atoms with Crippen LogP contribution in [-0.2, 0) is 11.0 Å². The zero-order valence-corrected chi connectivity index (χ0v) is 17.5. The minimum atomic E-state index is -4.43. The first-order valence-electron chi connectivity index (χ1n) is 9.99. The van der Waals surface area contributed by atoms with E-state index in [1.165, 1.54) is 6.07 Å². The number of aromatic nitrogens is 4. The van der Waals surface area contributed by atoms with E-state index in [9.17, 15) is 18.0 Å². The van der Waals surface area contributed by atoms with Gasteiger partial charge in [-0.25, -0.2) is 4.98 Å². The second kappa shape index (κ2) is 7.25. The Labute approximate surface area is 188 Å². The number of fused-ring (bicyclic) bond motifs is 2. The first-order chi connectivity index (χ1) is 15.9. The number of benzene rings is 1. The van der Waals surface area contributed by atoms with Crippen molar-refractivity contribution in [1.29, 1.82) is 0 Å². The van der Waals surface area contributed by atoms with Gasteiger partial charge in [0.05, 0.1) is 29.1 Å². The maximum atomic E-state index is 13.0. The van der Waals surface area contributed by atoms with E-state index in [2.05, 4.69) is 30.8 Å². The smallest absolute Gasteiger partial charge is 0.416 e. The normalized spacial score (nSPS) is 18.4. The van der Waals surface area contributed by atoms with E-state index in [1.54, 1.807) is 18.3 Å². The minimum Gasteiger partial charge on any atom is -0.453 e. The summed E-state index contributed by atoms with van der Waals surface area (Å²) in [5, 5.41) is 14.2. The monoisotopic (exact) mass is 472 g/mol. The number of carbonyl (C=O) groups excluding carboxylic acids is 1. The highest BCUT2D eigenvalue weighted by atomic mass is 32.2. The molecule has 33 heavy (non-hydrogen) atoms. The number of H-pyrrole nitrogens is 2. The van der Waals surface area contributed by atoms with Crippen molar-refractivity contribution in [3.63, 3.8) is 0 Å². The summed E-state index contributed by atoms with van der Waals surface area (Å²) in [6.07, 6.45) is -2.70. The van der Waals surface area contributed by atoms with Crippen LogP contribution in [0.15, 0.2) is 62.5 Å². The van der Waals surface area contributed by atoms with Crippen LogP contribution >= 0.6 is 11.8 Å². The molecule has 0 bridgehead atoms. The number of anilines is 1. The fourth-order valence-corrected chi connectivity index (χ4v) is 4.94. The second-order valence-electron chi connectivity index (χ2n) is 7.70. The summed E-state index contributed by atoms with van der Waals surface area (Å²) in [4.78, 5) is 20.0.